The maximum atomic E-state index is 13.3. The van der Waals surface area contributed by atoms with Gasteiger partial charge in [-0.05, 0) is 23.1 Å². The molecule has 7 rings (SSSR count). The molecule has 3 saturated heterocycles. The average molecular weight is 349 g/mol. The van der Waals surface area contributed by atoms with Crippen LogP contribution in [0.25, 0.3) is 0 Å². The lowest BCUT2D eigenvalue weighted by Gasteiger charge is -2.59. The zero-order valence-corrected chi connectivity index (χ0v) is 15.2. The van der Waals surface area contributed by atoms with Gasteiger partial charge in [0.25, 0.3) is 0 Å². The predicted octanol–water partition coefficient (Wildman–Crippen LogP) is 2.24. The standard InChI is InChI=1S/C22H25N2O2/c1-24-8-7-22-15-4-2-3-5-16(15)23-19(25)11-17-20(21(22)23)14(10-18(22)24)13(12-24)6-9-26-17/h2-6,14,17-18,20-21H,7-12H2,1H3/q+1/t14-,17?,18?,20+,21?,22-,24?/m1/s1. The van der Waals surface area contributed by atoms with E-state index in [2.05, 4.69) is 42.3 Å². The van der Waals surface area contributed by atoms with Crippen molar-refractivity contribution >= 4 is 11.6 Å². The smallest absolute Gasteiger partial charge is 0.229 e. The molecule has 1 saturated carbocycles. The molecule has 0 radical (unpaired) electrons. The first-order valence-corrected chi connectivity index (χ1v) is 10.2. The number of fused-ring (bicyclic) bond motifs is 2. The summed E-state index contributed by atoms with van der Waals surface area (Å²) in [5.41, 5.74) is 4.43. The monoisotopic (exact) mass is 349 g/mol. The first kappa shape index (κ1) is 14.4. The van der Waals surface area contributed by atoms with Crippen LogP contribution in [0.2, 0.25) is 0 Å². The van der Waals surface area contributed by atoms with Crippen LogP contribution in [-0.2, 0) is 14.9 Å². The summed E-state index contributed by atoms with van der Waals surface area (Å²) in [4.78, 5) is 15.5. The second-order valence-electron chi connectivity index (χ2n) is 9.67. The summed E-state index contributed by atoms with van der Waals surface area (Å²) in [7, 11) is 2.47. The van der Waals surface area contributed by atoms with Gasteiger partial charge in [0.05, 0.1) is 44.2 Å². The quantitative estimate of drug-likeness (QED) is 0.531. The number of anilines is 1. The molecule has 1 aromatic carbocycles. The van der Waals surface area contributed by atoms with E-state index in [1.165, 1.54) is 37.2 Å². The zero-order chi connectivity index (χ0) is 17.3. The van der Waals surface area contributed by atoms with Crippen molar-refractivity contribution in [2.24, 2.45) is 11.8 Å². The summed E-state index contributed by atoms with van der Waals surface area (Å²) >= 11 is 0. The summed E-state index contributed by atoms with van der Waals surface area (Å²) in [5, 5.41) is 0. The van der Waals surface area contributed by atoms with E-state index < -0.39 is 0 Å². The van der Waals surface area contributed by atoms with Crippen molar-refractivity contribution in [3.05, 3.63) is 41.5 Å². The van der Waals surface area contributed by atoms with Gasteiger partial charge in [-0.15, -0.1) is 0 Å². The van der Waals surface area contributed by atoms with E-state index in [9.17, 15) is 4.79 Å². The largest absolute Gasteiger partial charge is 0.373 e. The minimum atomic E-state index is 0.104. The maximum Gasteiger partial charge on any atom is 0.229 e. The lowest BCUT2D eigenvalue weighted by molar-refractivity contribution is -0.925. The Labute approximate surface area is 154 Å². The number of quaternary nitrogens is 1. The van der Waals surface area contributed by atoms with E-state index in [0.717, 1.165) is 4.48 Å². The van der Waals surface area contributed by atoms with E-state index in [1.54, 1.807) is 5.57 Å². The number of hydrogen-bond acceptors (Lipinski definition) is 2. The fraction of sp³-hybridized carbons (Fsp3) is 0.591. The van der Waals surface area contributed by atoms with Gasteiger partial charge in [0.15, 0.2) is 0 Å². The number of likely N-dealkylation sites (N-methyl/N-ethyl adjacent to an activating group) is 1. The van der Waals surface area contributed by atoms with Crippen molar-refractivity contribution in [2.45, 2.75) is 42.9 Å². The van der Waals surface area contributed by atoms with Crippen molar-refractivity contribution in [1.29, 1.82) is 0 Å². The third kappa shape index (κ3) is 1.34. The molecule has 4 unspecified atom stereocenters. The van der Waals surface area contributed by atoms with Gasteiger partial charge in [0.1, 0.15) is 12.6 Å². The van der Waals surface area contributed by atoms with Gasteiger partial charge < -0.3 is 14.1 Å². The summed E-state index contributed by atoms with van der Waals surface area (Å²) in [6, 6.07) is 9.76. The summed E-state index contributed by atoms with van der Waals surface area (Å²) in [6.45, 7) is 3.12. The molecule has 5 heterocycles. The number of carbonyl (C=O) groups excluding carboxylic acids is 1. The normalized spacial score (nSPS) is 49.6. The SMILES string of the molecule is C[N+]12CC[C@@]34c5ccccc5N5C(=O)CC6OCC=C(C1)[C@@H](CC32)[C@@H]6C54. The molecule has 1 amide bonds. The number of para-hydroxylation sites is 1. The molecule has 6 aliphatic rings. The second-order valence-corrected chi connectivity index (χ2v) is 9.67. The van der Waals surface area contributed by atoms with Gasteiger partial charge in [-0.3, -0.25) is 4.79 Å². The second kappa shape index (κ2) is 4.26. The Bertz CT molecular complexity index is 894. The number of piperidine rings is 2. The molecule has 1 aromatic rings. The number of amides is 1. The van der Waals surface area contributed by atoms with Crippen LogP contribution in [0.5, 0.6) is 0 Å². The topological polar surface area (TPSA) is 29.5 Å². The molecule has 1 aliphatic carbocycles. The summed E-state index contributed by atoms with van der Waals surface area (Å²) < 4.78 is 7.45. The van der Waals surface area contributed by atoms with Gasteiger partial charge in [-0.2, -0.15) is 0 Å². The zero-order valence-electron chi connectivity index (χ0n) is 15.2. The Morgan fingerprint density at radius 1 is 1.31 bits per heavy atom. The number of hydrogen-bond donors (Lipinski definition) is 0. The fourth-order valence-electron chi connectivity index (χ4n) is 8.14. The van der Waals surface area contributed by atoms with Crippen LogP contribution < -0.4 is 4.90 Å². The lowest BCUT2D eigenvalue weighted by atomic mass is 9.53. The minimum absolute atomic E-state index is 0.104. The van der Waals surface area contributed by atoms with Crippen molar-refractivity contribution in [3.8, 4) is 0 Å². The van der Waals surface area contributed by atoms with Crippen LogP contribution in [0.4, 0.5) is 5.69 Å². The molecule has 7 atom stereocenters. The Morgan fingerprint density at radius 3 is 3.12 bits per heavy atom. The molecule has 1 spiro atoms. The highest BCUT2D eigenvalue weighted by Gasteiger charge is 2.75. The van der Waals surface area contributed by atoms with Gasteiger partial charge in [0.2, 0.25) is 5.91 Å². The highest BCUT2D eigenvalue weighted by molar-refractivity contribution is 5.99. The average Bonchev–Trinajstić information content (AvgIpc) is 3.05. The number of ether oxygens (including phenoxy) is 1. The third-order valence-corrected chi connectivity index (χ3v) is 8.91. The highest BCUT2D eigenvalue weighted by Crippen LogP contribution is 2.67. The number of carbonyl (C=O) groups is 1. The molecular weight excluding hydrogens is 324 g/mol. The number of benzene rings is 1. The molecule has 5 aliphatic heterocycles. The molecule has 0 aromatic heterocycles. The molecule has 2 bridgehead atoms. The van der Waals surface area contributed by atoms with E-state index in [4.69, 9.17) is 4.74 Å². The van der Waals surface area contributed by atoms with Crippen LogP contribution in [0.15, 0.2) is 35.9 Å². The van der Waals surface area contributed by atoms with Gasteiger partial charge in [0, 0.05) is 24.4 Å². The van der Waals surface area contributed by atoms with E-state index in [1.807, 2.05) is 0 Å². The molecule has 134 valence electrons. The summed E-state index contributed by atoms with van der Waals surface area (Å²) in [6.07, 6.45) is 5.51. The van der Waals surface area contributed by atoms with E-state index >= 15 is 0 Å². The van der Waals surface area contributed by atoms with Crippen molar-refractivity contribution in [1.82, 2.24) is 0 Å². The first-order chi connectivity index (χ1) is 12.6. The fourth-order valence-corrected chi connectivity index (χ4v) is 8.14. The van der Waals surface area contributed by atoms with Crippen LogP contribution in [-0.4, -0.2) is 55.3 Å². The Kier molecular flexibility index (Phi) is 2.36. The predicted molar refractivity (Wildman–Crippen MR) is 97.8 cm³/mol. The first-order valence-electron chi connectivity index (χ1n) is 10.2. The van der Waals surface area contributed by atoms with Gasteiger partial charge >= 0.3 is 0 Å². The maximum absolute atomic E-state index is 13.3. The molecule has 26 heavy (non-hydrogen) atoms. The highest BCUT2D eigenvalue weighted by atomic mass is 16.5. The Morgan fingerprint density at radius 2 is 2.19 bits per heavy atom. The van der Waals surface area contributed by atoms with Crippen molar-refractivity contribution in [2.75, 3.05) is 31.6 Å². The number of nitrogens with zero attached hydrogens (tertiary/aromatic N) is 2. The van der Waals surface area contributed by atoms with Crippen LogP contribution in [0.3, 0.4) is 0 Å². The van der Waals surface area contributed by atoms with Crippen LogP contribution in [0.1, 0.15) is 24.8 Å². The van der Waals surface area contributed by atoms with Crippen molar-refractivity contribution in [3.63, 3.8) is 0 Å². The third-order valence-electron chi connectivity index (χ3n) is 8.91. The molecule has 0 N–H and O–H groups in total. The van der Waals surface area contributed by atoms with Gasteiger partial charge in [-0.25, -0.2) is 0 Å². The minimum Gasteiger partial charge on any atom is -0.373 e. The Balaban J connectivity index is 1.56. The van der Waals surface area contributed by atoms with Crippen molar-refractivity contribution < 1.29 is 14.0 Å². The van der Waals surface area contributed by atoms with Gasteiger partial charge in [-0.1, -0.05) is 24.3 Å². The van der Waals surface area contributed by atoms with E-state index in [0.29, 0.717) is 36.9 Å². The van der Waals surface area contributed by atoms with Crippen LogP contribution in [0, 0.1) is 11.8 Å². The summed E-state index contributed by atoms with van der Waals surface area (Å²) in [5.74, 6) is 1.36. The molecule has 4 nitrogen and oxygen atoms in total. The van der Waals surface area contributed by atoms with Crippen LogP contribution >= 0.6 is 0 Å². The molecule has 4 heteroatoms. The molecule has 4 fully saturated rings. The Hall–Kier alpha value is -1.65. The lowest BCUT2D eigenvalue weighted by Crippen LogP contribution is -2.72. The number of rotatable bonds is 0. The molecular formula is C22H25N2O2+. The van der Waals surface area contributed by atoms with E-state index in [-0.39, 0.29) is 17.4 Å².